The summed E-state index contributed by atoms with van der Waals surface area (Å²) in [5.74, 6) is 1.03. The Balaban J connectivity index is 2.87. The normalized spacial score (nSPS) is 12.6. The van der Waals surface area contributed by atoms with Gasteiger partial charge in [0.25, 0.3) is 0 Å². The lowest BCUT2D eigenvalue weighted by atomic mass is 9.94. The van der Waals surface area contributed by atoms with Crippen molar-refractivity contribution in [3.8, 4) is 5.75 Å². The van der Waals surface area contributed by atoms with Gasteiger partial charge in [0.2, 0.25) is 0 Å². The van der Waals surface area contributed by atoms with Gasteiger partial charge in [-0.2, -0.15) is 0 Å². The Hall–Kier alpha value is -1.02. The Labute approximate surface area is 105 Å². The zero-order valence-electron chi connectivity index (χ0n) is 11.8. The number of aryl methyl sites for hydroxylation is 2. The minimum atomic E-state index is 0.302. The van der Waals surface area contributed by atoms with Gasteiger partial charge in [0.15, 0.2) is 0 Å². The van der Waals surface area contributed by atoms with E-state index in [0.29, 0.717) is 6.04 Å². The lowest BCUT2D eigenvalue weighted by molar-refractivity contribution is 0.408. The highest BCUT2D eigenvalue weighted by Gasteiger charge is 2.10. The molecule has 0 bridgehead atoms. The van der Waals surface area contributed by atoms with Crippen LogP contribution >= 0.6 is 0 Å². The van der Waals surface area contributed by atoms with E-state index < -0.39 is 0 Å². The number of methoxy groups -OCH3 is 1. The summed E-state index contributed by atoms with van der Waals surface area (Å²) in [6, 6.07) is 2.55. The Morgan fingerprint density at radius 3 is 2.41 bits per heavy atom. The zero-order valence-corrected chi connectivity index (χ0v) is 11.8. The molecule has 0 aromatic heterocycles. The zero-order chi connectivity index (χ0) is 13.0. The lowest BCUT2D eigenvalue weighted by Gasteiger charge is -2.16. The quantitative estimate of drug-likeness (QED) is 0.850. The molecule has 0 amide bonds. The van der Waals surface area contributed by atoms with Crippen LogP contribution in [0.4, 0.5) is 0 Å². The van der Waals surface area contributed by atoms with Gasteiger partial charge in [0, 0.05) is 6.04 Å². The van der Waals surface area contributed by atoms with Crippen LogP contribution in [0.3, 0.4) is 0 Å². The molecule has 0 aliphatic rings. The number of rotatable bonds is 5. The molecule has 96 valence electrons. The molecule has 2 N–H and O–H groups in total. The maximum Gasteiger partial charge on any atom is 0.124 e. The fraction of sp³-hybridized carbons (Fsp3) is 0.600. The first-order chi connectivity index (χ1) is 7.97. The smallest absolute Gasteiger partial charge is 0.124 e. The van der Waals surface area contributed by atoms with Gasteiger partial charge >= 0.3 is 0 Å². The SMILES string of the molecule is COc1c(C)cc(CCCC(C)N)c(C)c1C. The Bertz CT molecular complexity index is 383. The second kappa shape index (κ2) is 6.06. The second-order valence-corrected chi connectivity index (χ2v) is 5.01. The van der Waals surface area contributed by atoms with Crippen molar-refractivity contribution in [2.75, 3.05) is 7.11 Å². The third kappa shape index (κ3) is 3.47. The van der Waals surface area contributed by atoms with Crippen molar-refractivity contribution in [2.24, 2.45) is 5.73 Å². The summed E-state index contributed by atoms with van der Waals surface area (Å²) in [7, 11) is 1.74. The predicted molar refractivity (Wildman–Crippen MR) is 73.8 cm³/mol. The molecule has 0 saturated heterocycles. The molecule has 0 heterocycles. The minimum Gasteiger partial charge on any atom is -0.496 e. The molecular weight excluding hydrogens is 210 g/mol. The first kappa shape index (κ1) is 14.0. The molecular formula is C15H25NO. The Morgan fingerprint density at radius 1 is 1.24 bits per heavy atom. The molecule has 1 unspecified atom stereocenters. The van der Waals surface area contributed by atoms with Crippen LogP contribution < -0.4 is 10.5 Å². The fourth-order valence-corrected chi connectivity index (χ4v) is 2.33. The second-order valence-electron chi connectivity index (χ2n) is 5.01. The molecule has 1 aromatic rings. The molecule has 1 rings (SSSR count). The maximum absolute atomic E-state index is 5.78. The summed E-state index contributed by atoms with van der Waals surface area (Å²) in [5.41, 5.74) is 11.1. The van der Waals surface area contributed by atoms with Gasteiger partial charge in [-0.3, -0.25) is 0 Å². The Kier molecular flexibility index (Phi) is 5.01. The van der Waals surface area contributed by atoms with Gasteiger partial charge in [-0.15, -0.1) is 0 Å². The molecule has 1 aromatic carbocycles. The van der Waals surface area contributed by atoms with Crippen molar-refractivity contribution < 1.29 is 4.74 Å². The molecule has 2 heteroatoms. The van der Waals surface area contributed by atoms with E-state index in [1.54, 1.807) is 7.11 Å². The number of nitrogens with two attached hydrogens (primary N) is 1. The van der Waals surface area contributed by atoms with Crippen molar-refractivity contribution in [3.63, 3.8) is 0 Å². The summed E-state index contributed by atoms with van der Waals surface area (Å²) in [4.78, 5) is 0. The topological polar surface area (TPSA) is 35.2 Å². The molecule has 0 fully saturated rings. The van der Waals surface area contributed by atoms with Crippen LogP contribution in [0.1, 0.15) is 42.0 Å². The fourth-order valence-electron chi connectivity index (χ4n) is 2.33. The summed E-state index contributed by atoms with van der Waals surface area (Å²) in [6.07, 6.45) is 3.35. The molecule has 17 heavy (non-hydrogen) atoms. The molecule has 0 saturated carbocycles. The maximum atomic E-state index is 5.78. The van der Waals surface area contributed by atoms with Gasteiger partial charge in [-0.25, -0.2) is 0 Å². The predicted octanol–water partition coefficient (Wildman–Crippen LogP) is 3.29. The monoisotopic (exact) mass is 235 g/mol. The third-order valence-electron chi connectivity index (χ3n) is 3.44. The van der Waals surface area contributed by atoms with Crippen LogP contribution in [0.25, 0.3) is 0 Å². The molecule has 2 nitrogen and oxygen atoms in total. The molecule has 0 aliphatic heterocycles. The van der Waals surface area contributed by atoms with E-state index >= 15 is 0 Å². The molecule has 0 aliphatic carbocycles. The number of hydrogen-bond donors (Lipinski definition) is 1. The molecule has 0 radical (unpaired) electrons. The summed E-state index contributed by atoms with van der Waals surface area (Å²) >= 11 is 0. The summed E-state index contributed by atoms with van der Waals surface area (Å²) in [5, 5.41) is 0. The van der Waals surface area contributed by atoms with Crippen molar-refractivity contribution in [3.05, 3.63) is 28.3 Å². The van der Waals surface area contributed by atoms with Crippen molar-refractivity contribution in [1.82, 2.24) is 0 Å². The number of benzene rings is 1. The standard InChI is InChI=1S/C15H25NO/c1-10-9-14(8-6-7-11(2)16)12(3)13(4)15(10)17-5/h9,11H,6-8,16H2,1-5H3. The first-order valence-corrected chi connectivity index (χ1v) is 6.36. The van der Waals surface area contributed by atoms with Crippen LogP contribution in [0.15, 0.2) is 6.07 Å². The van der Waals surface area contributed by atoms with E-state index in [0.717, 1.165) is 25.0 Å². The van der Waals surface area contributed by atoms with Gasteiger partial charge in [0.05, 0.1) is 7.11 Å². The Morgan fingerprint density at radius 2 is 1.88 bits per heavy atom. The van der Waals surface area contributed by atoms with Crippen LogP contribution in [-0.4, -0.2) is 13.2 Å². The van der Waals surface area contributed by atoms with Gasteiger partial charge in [0.1, 0.15) is 5.75 Å². The highest BCUT2D eigenvalue weighted by atomic mass is 16.5. The van der Waals surface area contributed by atoms with Crippen LogP contribution in [0, 0.1) is 20.8 Å². The average Bonchev–Trinajstić information content (AvgIpc) is 2.25. The number of hydrogen-bond acceptors (Lipinski definition) is 2. The van der Waals surface area contributed by atoms with E-state index in [9.17, 15) is 0 Å². The van der Waals surface area contributed by atoms with Gasteiger partial charge in [-0.05, 0) is 69.2 Å². The van der Waals surface area contributed by atoms with E-state index in [2.05, 4.69) is 33.8 Å². The lowest BCUT2D eigenvalue weighted by Crippen LogP contribution is -2.14. The number of ether oxygens (including phenoxy) is 1. The van der Waals surface area contributed by atoms with E-state index in [-0.39, 0.29) is 0 Å². The van der Waals surface area contributed by atoms with Crippen LogP contribution in [-0.2, 0) is 6.42 Å². The molecule has 1 atom stereocenters. The summed E-state index contributed by atoms with van der Waals surface area (Å²) in [6.45, 7) is 8.49. The van der Waals surface area contributed by atoms with E-state index in [1.807, 2.05) is 0 Å². The van der Waals surface area contributed by atoms with Crippen molar-refractivity contribution in [1.29, 1.82) is 0 Å². The molecule has 0 spiro atoms. The largest absolute Gasteiger partial charge is 0.496 e. The van der Waals surface area contributed by atoms with Crippen molar-refractivity contribution in [2.45, 2.75) is 53.0 Å². The highest BCUT2D eigenvalue weighted by Crippen LogP contribution is 2.29. The highest BCUT2D eigenvalue weighted by molar-refractivity contribution is 5.48. The van der Waals surface area contributed by atoms with Crippen molar-refractivity contribution >= 4 is 0 Å². The summed E-state index contributed by atoms with van der Waals surface area (Å²) < 4.78 is 5.43. The minimum absolute atomic E-state index is 0.302. The van der Waals surface area contributed by atoms with E-state index in [1.165, 1.54) is 22.3 Å². The average molecular weight is 235 g/mol. The van der Waals surface area contributed by atoms with Crippen LogP contribution in [0.5, 0.6) is 5.75 Å². The van der Waals surface area contributed by atoms with Crippen LogP contribution in [0.2, 0.25) is 0 Å². The first-order valence-electron chi connectivity index (χ1n) is 6.36. The van der Waals surface area contributed by atoms with Gasteiger partial charge in [-0.1, -0.05) is 6.07 Å². The van der Waals surface area contributed by atoms with Gasteiger partial charge < -0.3 is 10.5 Å². The third-order valence-corrected chi connectivity index (χ3v) is 3.44. The van der Waals surface area contributed by atoms with E-state index in [4.69, 9.17) is 10.5 Å².